The summed E-state index contributed by atoms with van der Waals surface area (Å²) in [6, 6.07) is 7.20. The third-order valence-corrected chi connectivity index (χ3v) is 7.12. The van der Waals surface area contributed by atoms with Gasteiger partial charge in [-0.3, -0.25) is 9.59 Å². The number of benzene rings is 1. The average molecular weight is 509 g/mol. The zero-order valence-electron chi connectivity index (χ0n) is 23.6. The molecular formula is C30H44N4O3. The number of hydrogen-bond acceptors (Lipinski definition) is 4. The summed E-state index contributed by atoms with van der Waals surface area (Å²) in [7, 11) is 1.88. The normalized spacial score (nSPS) is 14.6. The molecule has 4 rings (SSSR count). The largest absolute Gasteiger partial charge is 0.464 e. The monoisotopic (exact) mass is 508 g/mol. The first-order valence-electron chi connectivity index (χ1n) is 13.4. The Labute approximate surface area is 221 Å². The number of furan rings is 1. The molecule has 0 aliphatic heterocycles. The summed E-state index contributed by atoms with van der Waals surface area (Å²) in [5.74, 6) is 1.01. The molecule has 7 heteroatoms. The Hall–Kier alpha value is -3.09. The lowest BCUT2D eigenvalue weighted by Crippen LogP contribution is -2.50. The number of hydrogen-bond donors (Lipinski definition) is 1. The standard InChI is InChI=1S/C22H28N4O3.C8H16/c1-15(2)12-26(13-17-5-6-21-18(9-17)7-8-29-21)22(28)20(24-16(3)27)10-19-11-23-14-25(19)4;1-8(2,3)7-5-4-6-7/h5-9,11,14-15,20H,10,12-13H2,1-4H3,(H,24,27);7H,4-6H2,1-3H3. The predicted molar refractivity (Wildman–Crippen MR) is 148 cm³/mol. The maximum atomic E-state index is 13.4. The van der Waals surface area contributed by atoms with Crippen LogP contribution in [0, 0.1) is 17.3 Å². The van der Waals surface area contributed by atoms with Gasteiger partial charge in [0.15, 0.2) is 0 Å². The molecule has 0 spiro atoms. The molecule has 3 aromatic rings. The summed E-state index contributed by atoms with van der Waals surface area (Å²) in [6.45, 7) is 13.7. The van der Waals surface area contributed by atoms with Gasteiger partial charge in [0, 0.05) is 50.8 Å². The molecular weight excluding hydrogens is 464 g/mol. The molecule has 37 heavy (non-hydrogen) atoms. The molecule has 1 fully saturated rings. The molecule has 2 amide bonds. The quantitative estimate of drug-likeness (QED) is 0.421. The molecule has 1 aromatic carbocycles. The molecule has 1 aliphatic rings. The summed E-state index contributed by atoms with van der Waals surface area (Å²) >= 11 is 0. The van der Waals surface area contributed by atoms with Crippen LogP contribution in [0.5, 0.6) is 0 Å². The predicted octanol–water partition coefficient (Wildman–Crippen LogP) is 5.73. The number of aromatic nitrogens is 2. The van der Waals surface area contributed by atoms with Crippen molar-refractivity contribution in [3.8, 4) is 0 Å². The van der Waals surface area contributed by atoms with Crippen LogP contribution in [0.1, 0.15) is 72.1 Å². The lowest BCUT2D eigenvalue weighted by atomic mass is 9.69. The van der Waals surface area contributed by atoms with E-state index in [0.29, 0.717) is 30.8 Å². The van der Waals surface area contributed by atoms with E-state index in [1.165, 1.54) is 26.2 Å². The van der Waals surface area contributed by atoms with E-state index in [2.05, 4.69) is 44.9 Å². The van der Waals surface area contributed by atoms with E-state index in [1.807, 2.05) is 40.8 Å². The average Bonchev–Trinajstić information content (AvgIpc) is 3.38. The van der Waals surface area contributed by atoms with Crippen LogP contribution in [0.15, 0.2) is 47.5 Å². The number of aryl methyl sites for hydroxylation is 1. The topological polar surface area (TPSA) is 80.4 Å². The number of imidazole rings is 1. The van der Waals surface area contributed by atoms with Crippen LogP contribution >= 0.6 is 0 Å². The van der Waals surface area contributed by atoms with Gasteiger partial charge >= 0.3 is 0 Å². The number of nitrogens with one attached hydrogen (secondary N) is 1. The van der Waals surface area contributed by atoms with Crippen LogP contribution in [-0.2, 0) is 29.6 Å². The third kappa shape index (κ3) is 8.20. The highest BCUT2D eigenvalue weighted by Crippen LogP contribution is 2.40. The van der Waals surface area contributed by atoms with Crippen molar-refractivity contribution in [3.63, 3.8) is 0 Å². The maximum Gasteiger partial charge on any atom is 0.245 e. The van der Waals surface area contributed by atoms with Gasteiger partial charge in [0.1, 0.15) is 11.6 Å². The van der Waals surface area contributed by atoms with Crippen molar-refractivity contribution in [1.82, 2.24) is 19.8 Å². The minimum atomic E-state index is -0.640. The van der Waals surface area contributed by atoms with Gasteiger partial charge in [-0.25, -0.2) is 4.98 Å². The Morgan fingerprint density at radius 1 is 1.22 bits per heavy atom. The fourth-order valence-electron chi connectivity index (χ4n) is 4.74. The second-order valence-electron chi connectivity index (χ2n) is 11.9. The molecule has 0 bridgehead atoms. The summed E-state index contributed by atoms with van der Waals surface area (Å²) in [5.41, 5.74) is 3.33. The van der Waals surface area contributed by atoms with Crippen LogP contribution in [0.25, 0.3) is 11.0 Å². The Bertz CT molecular complexity index is 1170. The highest BCUT2D eigenvalue weighted by Gasteiger charge is 2.29. The van der Waals surface area contributed by atoms with Gasteiger partial charge in [-0.2, -0.15) is 0 Å². The van der Waals surface area contributed by atoms with Crippen LogP contribution in [0.3, 0.4) is 0 Å². The van der Waals surface area contributed by atoms with Crippen LogP contribution in [0.4, 0.5) is 0 Å². The molecule has 202 valence electrons. The molecule has 2 aromatic heterocycles. The highest BCUT2D eigenvalue weighted by molar-refractivity contribution is 5.87. The lowest BCUT2D eigenvalue weighted by Gasteiger charge is -2.37. The van der Waals surface area contributed by atoms with Gasteiger partial charge in [-0.1, -0.05) is 47.1 Å². The second-order valence-corrected chi connectivity index (χ2v) is 11.9. The number of carbonyl (C=O) groups is 2. The summed E-state index contributed by atoms with van der Waals surface area (Å²) < 4.78 is 7.27. The number of fused-ring (bicyclic) bond motifs is 1. The highest BCUT2D eigenvalue weighted by atomic mass is 16.3. The Balaban J connectivity index is 0.000000405. The SMILES string of the molecule is CC(=O)NC(Cc1cncn1C)C(=O)N(Cc1ccc2occc2c1)CC(C)C.CC(C)(C)C1CCC1. The molecule has 1 unspecified atom stereocenters. The fourth-order valence-corrected chi connectivity index (χ4v) is 4.74. The first kappa shape index (κ1) is 28.5. The van der Waals surface area contributed by atoms with Crippen LogP contribution < -0.4 is 5.32 Å². The van der Waals surface area contributed by atoms with Crippen molar-refractivity contribution in [2.75, 3.05) is 6.54 Å². The zero-order valence-corrected chi connectivity index (χ0v) is 23.6. The van der Waals surface area contributed by atoms with Crippen molar-refractivity contribution < 1.29 is 14.0 Å². The van der Waals surface area contributed by atoms with Crippen molar-refractivity contribution in [2.45, 2.75) is 79.8 Å². The first-order chi connectivity index (χ1) is 17.4. The van der Waals surface area contributed by atoms with E-state index in [9.17, 15) is 9.59 Å². The molecule has 2 heterocycles. The number of rotatable bonds is 8. The molecule has 1 N–H and O–H groups in total. The first-order valence-corrected chi connectivity index (χ1v) is 13.4. The van der Waals surface area contributed by atoms with Crippen LogP contribution in [-0.4, -0.2) is 38.9 Å². The minimum absolute atomic E-state index is 0.0950. The zero-order chi connectivity index (χ0) is 27.2. The number of nitrogens with zero attached hydrogens (tertiary/aromatic N) is 3. The Morgan fingerprint density at radius 2 is 1.95 bits per heavy atom. The van der Waals surface area contributed by atoms with Crippen molar-refractivity contribution in [3.05, 3.63) is 54.3 Å². The van der Waals surface area contributed by atoms with E-state index < -0.39 is 6.04 Å². The molecule has 7 nitrogen and oxygen atoms in total. The van der Waals surface area contributed by atoms with E-state index in [1.54, 1.807) is 18.8 Å². The van der Waals surface area contributed by atoms with E-state index in [4.69, 9.17) is 4.42 Å². The van der Waals surface area contributed by atoms with Gasteiger partial charge in [0.25, 0.3) is 0 Å². The van der Waals surface area contributed by atoms with Crippen LogP contribution in [0.2, 0.25) is 0 Å². The van der Waals surface area contributed by atoms with Crippen molar-refractivity contribution in [1.29, 1.82) is 0 Å². The van der Waals surface area contributed by atoms with E-state index in [-0.39, 0.29) is 11.8 Å². The summed E-state index contributed by atoms with van der Waals surface area (Å²) in [6.07, 6.45) is 9.89. The van der Waals surface area contributed by atoms with E-state index >= 15 is 0 Å². The summed E-state index contributed by atoms with van der Waals surface area (Å²) in [5, 5.41) is 3.83. The van der Waals surface area contributed by atoms with Crippen molar-refractivity contribution in [2.24, 2.45) is 24.3 Å². The van der Waals surface area contributed by atoms with Gasteiger partial charge in [0.05, 0.1) is 12.6 Å². The minimum Gasteiger partial charge on any atom is -0.464 e. The van der Waals surface area contributed by atoms with Gasteiger partial charge in [-0.05, 0) is 53.9 Å². The number of carbonyl (C=O) groups excluding carboxylic acids is 2. The third-order valence-electron chi connectivity index (χ3n) is 7.12. The molecule has 1 atom stereocenters. The maximum absolute atomic E-state index is 13.4. The Morgan fingerprint density at radius 3 is 2.46 bits per heavy atom. The smallest absolute Gasteiger partial charge is 0.245 e. The van der Waals surface area contributed by atoms with Crippen molar-refractivity contribution >= 4 is 22.8 Å². The molecule has 1 saturated carbocycles. The fraction of sp³-hybridized carbons (Fsp3) is 0.567. The number of amides is 2. The van der Waals surface area contributed by atoms with E-state index in [0.717, 1.165) is 28.1 Å². The molecule has 0 radical (unpaired) electrons. The Kier molecular flexibility index (Phi) is 9.57. The van der Waals surface area contributed by atoms with Gasteiger partial charge in [-0.15, -0.1) is 0 Å². The lowest BCUT2D eigenvalue weighted by molar-refractivity contribution is -0.137. The second kappa shape index (κ2) is 12.4. The molecule has 1 aliphatic carbocycles. The molecule has 0 saturated heterocycles. The van der Waals surface area contributed by atoms with Gasteiger partial charge < -0.3 is 19.2 Å². The summed E-state index contributed by atoms with van der Waals surface area (Å²) in [4.78, 5) is 31.1. The van der Waals surface area contributed by atoms with Gasteiger partial charge in [0.2, 0.25) is 11.8 Å².